The van der Waals surface area contributed by atoms with Crippen molar-refractivity contribution in [3.05, 3.63) is 58.1 Å². The van der Waals surface area contributed by atoms with E-state index < -0.39 is 0 Å². The molecule has 1 fully saturated rings. The Balaban J connectivity index is 1.83. The molecule has 1 aromatic carbocycles. The summed E-state index contributed by atoms with van der Waals surface area (Å²) in [6.45, 7) is 7.18. The van der Waals surface area contributed by atoms with E-state index in [0.29, 0.717) is 17.4 Å². The molecule has 0 amide bonds. The van der Waals surface area contributed by atoms with E-state index in [1.54, 1.807) is 12.4 Å². The van der Waals surface area contributed by atoms with Gasteiger partial charge in [-0.1, -0.05) is 24.6 Å². The molecule has 1 aliphatic rings. The maximum Gasteiger partial charge on any atom is 0.204 e. The summed E-state index contributed by atoms with van der Waals surface area (Å²) >= 11 is 12.3. The second-order valence-electron chi connectivity index (χ2n) is 7.53. The summed E-state index contributed by atoms with van der Waals surface area (Å²) in [5.74, 6) is 1.52. The van der Waals surface area contributed by atoms with Crippen molar-refractivity contribution < 1.29 is 0 Å². The SMILES string of the molecule is Cc1c(Cl)cccc1-n1c(-c2ccncc2)nn(CN2CCC[C@H](C)C2)c1=S. The van der Waals surface area contributed by atoms with Crippen LogP contribution in [0.1, 0.15) is 25.3 Å². The van der Waals surface area contributed by atoms with E-state index in [1.807, 2.05) is 46.5 Å². The van der Waals surface area contributed by atoms with Crippen LogP contribution in [-0.2, 0) is 6.67 Å². The van der Waals surface area contributed by atoms with Crippen LogP contribution in [0.25, 0.3) is 17.1 Å². The van der Waals surface area contributed by atoms with Crippen LogP contribution in [0, 0.1) is 17.6 Å². The lowest BCUT2D eigenvalue weighted by Gasteiger charge is -2.30. The summed E-state index contributed by atoms with van der Waals surface area (Å²) in [5.41, 5.74) is 2.93. The van der Waals surface area contributed by atoms with E-state index in [1.165, 1.54) is 12.8 Å². The molecule has 0 N–H and O–H groups in total. The monoisotopic (exact) mass is 413 g/mol. The van der Waals surface area contributed by atoms with Gasteiger partial charge in [-0.15, -0.1) is 5.10 Å². The number of hydrogen-bond acceptors (Lipinski definition) is 4. The third kappa shape index (κ3) is 3.77. The second kappa shape index (κ2) is 8.15. The van der Waals surface area contributed by atoms with Crippen LogP contribution < -0.4 is 0 Å². The smallest absolute Gasteiger partial charge is 0.204 e. The van der Waals surface area contributed by atoms with Crippen molar-refractivity contribution in [2.75, 3.05) is 13.1 Å². The van der Waals surface area contributed by atoms with Gasteiger partial charge in [0.05, 0.1) is 12.4 Å². The zero-order valence-corrected chi connectivity index (χ0v) is 17.7. The van der Waals surface area contributed by atoms with E-state index >= 15 is 0 Å². The number of piperidine rings is 1. The van der Waals surface area contributed by atoms with Crippen LogP contribution in [0.5, 0.6) is 0 Å². The predicted octanol–water partition coefficient (Wildman–Crippen LogP) is 5.12. The molecule has 0 radical (unpaired) electrons. The molecule has 146 valence electrons. The quantitative estimate of drug-likeness (QED) is 0.556. The standard InChI is InChI=1S/C21H24ClN5S/c1-15-5-4-12-25(13-15)14-26-21(28)27(19-7-3-6-18(22)16(19)2)20(24-26)17-8-10-23-11-9-17/h3,6-11,15H,4-5,12-14H2,1-2H3/t15-/m0/s1. The van der Waals surface area contributed by atoms with Crippen molar-refractivity contribution >= 4 is 23.8 Å². The van der Waals surface area contributed by atoms with E-state index in [9.17, 15) is 0 Å². The lowest BCUT2D eigenvalue weighted by molar-refractivity contribution is 0.138. The summed E-state index contributed by atoms with van der Waals surface area (Å²) in [6, 6.07) is 9.81. The summed E-state index contributed by atoms with van der Waals surface area (Å²) in [7, 11) is 0. The molecule has 0 aliphatic carbocycles. The predicted molar refractivity (Wildman–Crippen MR) is 115 cm³/mol. The molecule has 3 heterocycles. The van der Waals surface area contributed by atoms with E-state index in [4.69, 9.17) is 28.9 Å². The fourth-order valence-corrected chi connectivity index (χ4v) is 4.30. The Kier molecular flexibility index (Phi) is 5.62. The van der Waals surface area contributed by atoms with Crippen LogP contribution in [0.3, 0.4) is 0 Å². The molecule has 5 nitrogen and oxygen atoms in total. The zero-order chi connectivity index (χ0) is 19.7. The Labute approximate surface area is 175 Å². The minimum absolute atomic E-state index is 0.676. The van der Waals surface area contributed by atoms with Crippen LogP contribution in [0.4, 0.5) is 0 Å². The number of likely N-dealkylation sites (tertiary alicyclic amines) is 1. The average molecular weight is 414 g/mol. The molecule has 0 bridgehead atoms. The van der Waals surface area contributed by atoms with E-state index in [-0.39, 0.29) is 0 Å². The van der Waals surface area contributed by atoms with Crippen molar-refractivity contribution in [2.45, 2.75) is 33.4 Å². The summed E-state index contributed by atoms with van der Waals surface area (Å²) in [6.07, 6.45) is 6.07. The number of nitrogens with zero attached hydrogens (tertiary/aromatic N) is 5. The first kappa shape index (κ1) is 19.3. The van der Waals surface area contributed by atoms with Crippen LogP contribution in [0.15, 0.2) is 42.7 Å². The Morgan fingerprint density at radius 2 is 2.00 bits per heavy atom. The van der Waals surface area contributed by atoms with Crippen molar-refractivity contribution in [2.24, 2.45) is 5.92 Å². The summed E-state index contributed by atoms with van der Waals surface area (Å²) < 4.78 is 4.64. The molecule has 1 atom stereocenters. The van der Waals surface area contributed by atoms with Gasteiger partial charge in [0.25, 0.3) is 0 Å². The molecule has 1 aliphatic heterocycles. The van der Waals surface area contributed by atoms with Crippen LogP contribution >= 0.6 is 23.8 Å². The Hall–Kier alpha value is -2.02. The lowest BCUT2D eigenvalue weighted by atomic mass is 10.0. The molecular formula is C21H24ClN5S. The highest BCUT2D eigenvalue weighted by molar-refractivity contribution is 7.71. The fraction of sp³-hybridized carbons (Fsp3) is 0.381. The topological polar surface area (TPSA) is 38.9 Å². The van der Waals surface area contributed by atoms with Crippen molar-refractivity contribution in [1.29, 1.82) is 0 Å². The normalized spacial score (nSPS) is 17.8. The van der Waals surface area contributed by atoms with Gasteiger partial charge in [-0.25, -0.2) is 4.68 Å². The minimum atomic E-state index is 0.676. The van der Waals surface area contributed by atoms with Crippen LogP contribution in [-0.4, -0.2) is 37.3 Å². The van der Waals surface area contributed by atoms with Crippen molar-refractivity contribution in [3.8, 4) is 17.1 Å². The molecular weight excluding hydrogens is 390 g/mol. The Morgan fingerprint density at radius 1 is 1.21 bits per heavy atom. The van der Waals surface area contributed by atoms with Gasteiger partial charge >= 0.3 is 0 Å². The Bertz CT molecular complexity index is 1030. The molecule has 0 spiro atoms. The number of pyridine rings is 1. The highest BCUT2D eigenvalue weighted by Gasteiger charge is 2.21. The molecule has 2 aromatic heterocycles. The second-order valence-corrected chi connectivity index (χ2v) is 8.30. The molecule has 0 saturated carbocycles. The van der Waals surface area contributed by atoms with Gasteiger partial charge < -0.3 is 0 Å². The van der Waals surface area contributed by atoms with E-state index in [0.717, 1.165) is 40.8 Å². The van der Waals surface area contributed by atoms with Gasteiger partial charge in [-0.2, -0.15) is 0 Å². The molecule has 3 aromatic rings. The molecule has 4 rings (SSSR count). The van der Waals surface area contributed by atoms with Crippen molar-refractivity contribution in [3.63, 3.8) is 0 Å². The maximum absolute atomic E-state index is 6.40. The van der Waals surface area contributed by atoms with Gasteiger partial charge in [0.2, 0.25) is 4.77 Å². The summed E-state index contributed by atoms with van der Waals surface area (Å²) in [4.78, 5) is 6.57. The number of halogens is 1. The number of aromatic nitrogens is 4. The highest BCUT2D eigenvalue weighted by atomic mass is 35.5. The van der Waals surface area contributed by atoms with Crippen molar-refractivity contribution in [1.82, 2.24) is 24.2 Å². The first-order chi connectivity index (χ1) is 13.5. The largest absolute Gasteiger partial charge is 0.284 e. The molecule has 1 saturated heterocycles. The molecule has 7 heteroatoms. The highest BCUT2D eigenvalue weighted by Crippen LogP contribution is 2.28. The van der Waals surface area contributed by atoms with Gasteiger partial charge in [0.15, 0.2) is 5.82 Å². The first-order valence-electron chi connectivity index (χ1n) is 9.62. The van der Waals surface area contributed by atoms with Gasteiger partial charge in [0, 0.05) is 29.5 Å². The van der Waals surface area contributed by atoms with Gasteiger partial charge in [-0.05, 0) is 74.3 Å². The third-order valence-electron chi connectivity index (χ3n) is 5.33. The van der Waals surface area contributed by atoms with Gasteiger partial charge in [-0.3, -0.25) is 14.5 Å². The molecule has 0 unspecified atom stereocenters. The fourth-order valence-electron chi connectivity index (χ4n) is 3.85. The number of hydrogen-bond donors (Lipinski definition) is 0. The lowest BCUT2D eigenvalue weighted by Crippen LogP contribution is -2.36. The first-order valence-corrected chi connectivity index (χ1v) is 10.4. The van der Waals surface area contributed by atoms with E-state index in [2.05, 4.69) is 16.8 Å². The van der Waals surface area contributed by atoms with Gasteiger partial charge in [0.1, 0.15) is 0 Å². The summed E-state index contributed by atoms with van der Waals surface area (Å²) in [5, 5.41) is 5.63. The molecule has 28 heavy (non-hydrogen) atoms. The average Bonchev–Trinajstić information content (AvgIpc) is 3.01. The maximum atomic E-state index is 6.40. The third-order valence-corrected chi connectivity index (χ3v) is 6.14. The minimum Gasteiger partial charge on any atom is -0.284 e. The zero-order valence-electron chi connectivity index (χ0n) is 16.2. The number of benzene rings is 1. The Morgan fingerprint density at radius 3 is 2.75 bits per heavy atom. The van der Waals surface area contributed by atoms with Crippen LogP contribution in [0.2, 0.25) is 5.02 Å². The number of rotatable bonds is 4.